The third kappa shape index (κ3) is 5.28. The predicted molar refractivity (Wildman–Crippen MR) is 151 cm³/mol. The number of methoxy groups -OCH3 is 1. The molecule has 0 aliphatic rings. The van der Waals surface area contributed by atoms with Crippen molar-refractivity contribution in [2.24, 2.45) is 0 Å². The molecule has 0 radical (unpaired) electrons. The number of nitrogens with one attached hydrogen (secondary N) is 1. The van der Waals surface area contributed by atoms with E-state index in [0.29, 0.717) is 22.9 Å². The number of ether oxygens (including phenoxy) is 2. The van der Waals surface area contributed by atoms with E-state index in [0.717, 1.165) is 49.5 Å². The van der Waals surface area contributed by atoms with Crippen molar-refractivity contribution in [1.29, 1.82) is 0 Å². The molecule has 0 bridgehead atoms. The lowest BCUT2D eigenvalue weighted by Crippen LogP contribution is -2.06. The number of halogens is 3. The van der Waals surface area contributed by atoms with Gasteiger partial charge in [0.25, 0.3) is 0 Å². The molecule has 0 unspecified atom stereocenters. The largest absolute Gasteiger partial charge is 0.493 e. The second-order valence-corrected chi connectivity index (χ2v) is 10.1. The molecule has 0 atom stereocenters. The Balaban J connectivity index is 1.35. The molecule has 0 aliphatic carbocycles. The summed E-state index contributed by atoms with van der Waals surface area (Å²) < 4.78 is 51.7. The van der Waals surface area contributed by atoms with Gasteiger partial charge in [-0.05, 0) is 65.7 Å². The van der Waals surface area contributed by atoms with Crippen molar-refractivity contribution in [3.8, 4) is 11.5 Å². The third-order valence-corrected chi connectivity index (χ3v) is 7.39. The standard InChI is InChI=1S/C31H22F3N3O2S/c1-38-27-17-19(13-14-26(27)39-18-20-7-6-8-21(15-20)31(32,33)34)16-22(29-35-23-9-2-3-10-24(23)36-29)30-37-25-11-4-5-12-28(25)40-30/h2-17H,18H2,1H3,(H,35,36)/b22-16+. The number of aromatic nitrogens is 3. The summed E-state index contributed by atoms with van der Waals surface area (Å²) >= 11 is 1.58. The van der Waals surface area contributed by atoms with Crippen molar-refractivity contribution in [3.05, 3.63) is 119 Å². The highest BCUT2D eigenvalue weighted by atomic mass is 32.1. The minimum absolute atomic E-state index is 0.0363. The van der Waals surface area contributed by atoms with Crippen LogP contribution in [0.3, 0.4) is 0 Å². The van der Waals surface area contributed by atoms with Crippen LogP contribution in [0.5, 0.6) is 11.5 Å². The summed E-state index contributed by atoms with van der Waals surface area (Å²) in [6.45, 7) is -0.0363. The van der Waals surface area contributed by atoms with Gasteiger partial charge in [0.15, 0.2) is 11.5 Å². The fourth-order valence-electron chi connectivity index (χ4n) is 4.36. The summed E-state index contributed by atoms with van der Waals surface area (Å²) in [7, 11) is 1.52. The maximum absolute atomic E-state index is 13.1. The molecule has 6 rings (SSSR count). The Morgan fingerprint density at radius 1 is 0.875 bits per heavy atom. The van der Waals surface area contributed by atoms with E-state index in [1.54, 1.807) is 23.5 Å². The van der Waals surface area contributed by atoms with E-state index < -0.39 is 11.7 Å². The van der Waals surface area contributed by atoms with E-state index in [1.165, 1.54) is 13.2 Å². The van der Waals surface area contributed by atoms with Gasteiger partial charge in [0, 0.05) is 0 Å². The number of alkyl halides is 3. The van der Waals surface area contributed by atoms with Gasteiger partial charge in [0.2, 0.25) is 0 Å². The molecule has 40 heavy (non-hydrogen) atoms. The second kappa shape index (κ2) is 10.5. The molecule has 6 aromatic rings. The zero-order chi connectivity index (χ0) is 27.7. The van der Waals surface area contributed by atoms with Gasteiger partial charge in [-0.1, -0.05) is 42.5 Å². The number of thiazole rings is 1. The molecule has 0 amide bonds. The van der Waals surface area contributed by atoms with Crippen molar-refractivity contribution < 1.29 is 22.6 Å². The van der Waals surface area contributed by atoms with Gasteiger partial charge in [-0.15, -0.1) is 11.3 Å². The zero-order valence-corrected chi connectivity index (χ0v) is 22.0. The van der Waals surface area contributed by atoms with Crippen molar-refractivity contribution in [3.63, 3.8) is 0 Å². The van der Waals surface area contributed by atoms with Crippen LogP contribution in [-0.4, -0.2) is 22.1 Å². The molecule has 0 saturated carbocycles. The van der Waals surface area contributed by atoms with E-state index in [1.807, 2.05) is 66.7 Å². The molecule has 0 spiro atoms. The summed E-state index contributed by atoms with van der Waals surface area (Å²) in [5.41, 5.74) is 3.99. The highest BCUT2D eigenvalue weighted by molar-refractivity contribution is 7.19. The van der Waals surface area contributed by atoms with Crippen LogP contribution >= 0.6 is 11.3 Å². The maximum atomic E-state index is 13.1. The number of fused-ring (bicyclic) bond motifs is 2. The van der Waals surface area contributed by atoms with Crippen LogP contribution in [0.1, 0.15) is 27.5 Å². The van der Waals surface area contributed by atoms with Gasteiger partial charge >= 0.3 is 6.18 Å². The molecule has 0 saturated heterocycles. The van der Waals surface area contributed by atoms with Crippen molar-refractivity contribution in [2.75, 3.05) is 7.11 Å². The summed E-state index contributed by atoms with van der Waals surface area (Å²) in [4.78, 5) is 13.1. The van der Waals surface area contributed by atoms with E-state index in [9.17, 15) is 13.2 Å². The van der Waals surface area contributed by atoms with Crippen molar-refractivity contribution in [2.45, 2.75) is 12.8 Å². The first-order chi connectivity index (χ1) is 19.4. The normalized spacial score (nSPS) is 12.2. The molecular weight excluding hydrogens is 535 g/mol. The number of benzene rings is 4. The fourth-order valence-corrected chi connectivity index (χ4v) is 5.34. The number of hydrogen-bond acceptors (Lipinski definition) is 5. The molecule has 1 N–H and O–H groups in total. The quantitative estimate of drug-likeness (QED) is 0.214. The molecule has 9 heteroatoms. The predicted octanol–water partition coefficient (Wildman–Crippen LogP) is 8.37. The number of aromatic amines is 1. The van der Waals surface area contributed by atoms with E-state index in [2.05, 4.69) is 4.98 Å². The minimum Gasteiger partial charge on any atom is -0.493 e. The highest BCUT2D eigenvalue weighted by Crippen LogP contribution is 2.35. The van der Waals surface area contributed by atoms with Crippen LogP contribution in [0.15, 0.2) is 91.0 Å². The number of imidazole rings is 1. The molecule has 0 fully saturated rings. The molecule has 2 aromatic heterocycles. The van der Waals surface area contributed by atoms with Crippen LogP contribution < -0.4 is 9.47 Å². The second-order valence-electron chi connectivity index (χ2n) is 9.04. The Morgan fingerprint density at radius 3 is 2.45 bits per heavy atom. The van der Waals surface area contributed by atoms with E-state index in [-0.39, 0.29) is 6.61 Å². The number of H-pyrrole nitrogens is 1. The summed E-state index contributed by atoms with van der Waals surface area (Å²) in [5.74, 6) is 1.56. The SMILES string of the molecule is COc1cc(/C=C(\c2nc3ccccc3[nH]2)c2nc3ccccc3s2)ccc1OCc1cccc(C(F)(F)F)c1. The topological polar surface area (TPSA) is 60.0 Å². The monoisotopic (exact) mass is 557 g/mol. The summed E-state index contributed by atoms with van der Waals surface area (Å²) in [6.07, 6.45) is -2.43. The molecule has 0 aliphatic heterocycles. The average Bonchev–Trinajstić information content (AvgIpc) is 3.59. The third-order valence-electron chi connectivity index (χ3n) is 6.32. The smallest absolute Gasteiger partial charge is 0.416 e. The van der Waals surface area contributed by atoms with E-state index >= 15 is 0 Å². The van der Waals surface area contributed by atoms with Crippen molar-refractivity contribution in [1.82, 2.24) is 15.0 Å². The lowest BCUT2D eigenvalue weighted by Gasteiger charge is -2.13. The molecule has 4 aromatic carbocycles. The highest BCUT2D eigenvalue weighted by Gasteiger charge is 2.30. The van der Waals surface area contributed by atoms with Crippen LogP contribution in [-0.2, 0) is 12.8 Å². The van der Waals surface area contributed by atoms with Gasteiger partial charge < -0.3 is 14.5 Å². The Hall–Kier alpha value is -4.63. The lowest BCUT2D eigenvalue weighted by molar-refractivity contribution is -0.137. The van der Waals surface area contributed by atoms with Gasteiger partial charge in [-0.3, -0.25) is 0 Å². The van der Waals surface area contributed by atoms with Crippen molar-refractivity contribution >= 4 is 44.2 Å². The van der Waals surface area contributed by atoms with Gasteiger partial charge in [-0.2, -0.15) is 13.2 Å². The van der Waals surface area contributed by atoms with E-state index in [4.69, 9.17) is 19.4 Å². The number of hydrogen-bond donors (Lipinski definition) is 1. The number of rotatable bonds is 7. The zero-order valence-electron chi connectivity index (χ0n) is 21.2. The van der Waals surface area contributed by atoms with Crippen LogP contribution in [0.4, 0.5) is 13.2 Å². The molecule has 200 valence electrons. The van der Waals surface area contributed by atoms with Crippen LogP contribution in [0, 0.1) is 0 Å². The Bertz CT molecular complexity index is 1710. The van der Waals surface area contributed by atoms with Gasteiger partial charge in [-0.25, -0.2) is 9.97 Å². The van der Waals surface area contributed by atoms with Crippen LogP contribution in [0.2, 0.25) is 0 Å². The molecular formula is C31H22F3N3O2S. The fraction of sp³-hybridized carbons (Fsp3) is 0.0968. The lowest BCUT2D eigenvalue weighted by atomic mass is 10.1. The summed E-state index contributed by atoms with van der Waals surface area (Å²) in [5, 5.41) is 0.809. The summed E-state index contributed by atoms with van der Waals surface area (Å²) in [6, 6.07) is 26.3. The Labute approximate surface area is 231 Å². The first-order valence-corrected chi connectivity index (χ1v) is 13.2. The first kappa shape index (κ1) is 25.6. The maximum Gasteiger partial charge on any atom is 0.416 e. The van der Waals surface area contributed by atoms with Crippen LogP contribution in [0.25, 0.3) is 32.9 Å². The molecule has 2 heterocycles. The number of nitrogens with zero attached hydrogens (tertiary/aromatic N) is 2. The molecule has 5 nitrogen and oxygen atoms in total. The minimum atomic E-state index is -4.41. The Kier molecular flexibility index (Phi) is 6.73. The average molecular weight is 558 g/mol. The first-order valence-electron chi connectivity index (χ1n) is 12.4. The van der Waals surface area contributed by atoms with Gasteiger partial charge in [0.1, 0.15) is 17.4 Å². The number of para-hydroxylation sites is 3. The van der Waals surface area contributed by atoms with Gasteiger partial charge in [0.05, 0.1) is 39.5 Å². The Morgan fingerprint density at radius 2 is 1.68 bits per heavy atom.